The van der Waals surface area contributed by atoms with Crippen molar-refractivity contribution in [1.29, 1.82) is 0 Å². The van der Waals surface area contributed by atoms with E-state index in [4.69, 9.17) is 4.74 Å². The van der Waals surface area contributed by atoms with E-state index in [1.54, 1.807) is 0 Å². The molecule has 0 spiro atoms. The molecule has 94 valence electrons. The van der Waals surface area contributed by atoms with Crippen LogP contribution in [0.5, 0.6) is 0 Å². The SMILES string of the molecule is CNCC(OC1CCCC1)c1ccc(C)cc1. The Balaban J connectivity index is 2.02. The Morgan fingerprint density at radius 2 is 1.88 bits per heavy atom. The van der Waals surface area contributed by atoms with Crippen molar-refractivity contribution in [3.05, 3.63) is 35.4 Å². The lowest BCUT2D eigenvalue weighted by Crippen LogP contribution is -2.23. The van der Waals surface area contributed by atoms with E-state index >= 15 is 0 Å². The molecule has 1 aliphatic carbocycles. The van der Waals surface area contributed by atoms with Crippen molar-refractivity contribution in [2.75, 3.05) is 13.6 Å². The Morgan fingerprint density at radius 1 is 1.24 bits per heavy atom. The molecule has 1 aromatic carbocycles. The van der Waals surface area contributed by atoms with Gasteiger partial charge in [-0.3, -0.25) is 0 Å². The summed E-state index contributed by atoms with van der Waals surface area (Å²) in [6, 6.07) is 8.70. The first-order valence-electron chi connectivity index (χ1n) is 6.66. The maximum absolute atomic E-state index is 6.22. The van der Waals surface area contributed by atoms with Crippen molar-refractivity contribution in [2.24, 2.45) is 0 Å². The second kappa shape index (κ2) is 6.18. The second-order valence-corrected chi connectivity index (χ2v) is 5.00. The van der Waals surface area contributed by atoms with Crippen LogP contribution in [-0.2, 0) is 4.74 Å². The van der Waals surface area contributed by atoms with Crippen LogP contribution in [0.3, 0.4) is 0 Å². The Labute approximate surface area is 104 Å². The first-order valence-corrected chi connectivity index (χ1v) is 6.66. The minimum atomic E-state index is 0.198. The second-order valence-electron chi connectivity index (χ2n) is 5.00. The van der Waals surface area contributed by atoms with Crippen molar-refractivity contribution in [1.82, 2.24) is 5.32 Å². The van der Waals surface area contributed by atoms with E-state index in [1.807, 2.05) is 7.05 Å². The van der Waals surface area contributed by atoms with Gasteiger partial charge in [0.15, 0.2) is 0 Å². The lowest BCUT2D eigenvalue weighted by molar-refractivity contribution is -0.00784. The molecule has 1 aliphatic rings. The van der Waals surface area contributed by atoms with Crippen molar-refractivity contribution in [3.63, 3.8) is 0 Å². The monoisotopic (exact) mass is 233 g/mol. The Bertz CT molecular complexity index is 327. The Kier molecular flexibility index (Phi) is 4.57. The molecule has 2 rings (SSSR count). The molecular formula is C15H23NO. The number of likely N-dealkylation sites (N-methyl/N-ethyl adjacent to an activating group) is 1. The van der Waals surface area contributed by atoms with Gasteiger partial charge >= 0.3 is 0 Å². The van der Waals surface area contributed by atoms with Crippen LogP contribution in [0.4, 0.5) is 0 Å². The number of hydrogen-bond acceptors (Lipinski definition) is 2. The predicted molar refractivity (Wildman–Crippen MR) is 71.2 cm³/mol. The maximum atomic E-state index is 6.22. The number of benzene rings is 1. The highest BCUT2D eigenvalue weighted by Crippen LogP contribution is 2.27. The van der Waals surface area contributed by atoms with Gasteiger partial charge in [0.25, 0.3) is 0 Å². The van der Waals surface area contributed by atoms with E-state index in [2.05, 4.69) is 36.5 Å². The lowest BCUT2D eigenvalue weighted by atomic mass is 10.1. The first kappa shape index (κ1) is 12.6. The van der Waals surface area contributed by atoms with E-state index in [0.717, 1.165) is 6.54 Å². The van der Waals surface area contributed by atoms with Gasteiger partial charge in [-0.2, -0.15) is 0 Å². The van der Waals surface area contributed by atoms with Crippen LogP contribution in [0.25, 0.3) is 0 Å². The zero-order valence-electron chi connectivity index (χ0n) is 10.9. The molecule has 0 radical (unpaired) electrons. The molecule has 0 heterocycles. The molecule has 1 fully saturated rings. The average molecular weight is 233 g/mol. The zero-order chi connectivity index (χ0) is 12.1. The maximum Gasteiger partial charge on any atom is 0.0952 e. The zero-order valence-corrected chi connectivity index (χ0v) is 10.9. The minimum absolute atomic E-state index is 0.198. The van der Waals surface area contributed by atoms with Crippen molar-refractivity contribution in [2.45, 2.75) is 44.8 Å². The summed E-state index contributed by atoms with van der Waals surface area (Å²) in [4.78, 5) is 0. The summed E-state index contributed by atoms with van der Waals surface area (Å²) in [5, 5.41) is 3.23. The summed E-state index contributed by atoms with van der Waals surface area (Å²) in [7, 11) is 1.99. The molecule has 0 amide bonds. The highest BCUT2D eigenvalue weighted by Gasteiger charge is 2.21. The van der Waals surface area contributed by atoms with E-state index < -0.39 is 0 Å². The van der Waals surface area contributed by atoms with Crippen LogP contribution >= 0.6 is 0 Å². The number of ether oxygens (including phenoxy) is 1. The molecule has 0 bridgehead atoms. The van der Waals surface area contributed by atoms with E-state index in [9.17, 15) is 0 Å². The van der Waals surface area contributed by atoms with Gasteiger partial charge in [0.05, 0.1) is 12.2 Å². The Hall–Kier alpha value is -0.860. The number of nitrogens with one attached hydrogen (secondary N) is 1. The third kappa shape index (κ3) is 3.55. The molecule has 17 heavy (non-hydrogen) atoms. The molecule has 2 heteroatoms. The summed E-state index contributed by atoms with van der Waals surface area (Å²) in [5.74, 6) is 0. The fourth-order valence-electron chi connectivity index (χ4n) is 2.47. The molecule has 0 aromatic heterocycles. The summed E-state index contributed by atoms with van der Waals surface area (Å²) < 4.78 is 6.22. The fraction of sp³-hybridized carbons (Fsp3) is 0.600. The van der Waals surface area contributed by atoms with Crippen LogP contribution in [0.2, 0.25) is 0 Å². The standard InChI is InChI=1S/C15H23NO/c1-12-7-9-13(10-8-12)15(11-16-2)17-14-5-3-4-6-14/h7-10,14-16H,3-6,11H2,1-2H3. The summed E-state index contributed by atoms with van der Waals surface area (Å²) in [5.41, 5.74) is 2.59. The minimum Gasteiger partial charge on any atom is -0.369 e. The largest absolute Gasteiger partial charge is 0.369 e. The van der Waals surface area contributed by atoms with E-state index in [0.29, 0.717) is 6.10 Å². The number of hydrogen-bond donors (Lipinski definition) is 1. The van der Waals surface area contributed by atoms with Gasteiger partial charge in [0, 0.05) is 6.54 Å². The third-order valence-corrected chi connectivity index (χ3v) is 3.50. The van der Waals surface area contributed by atoms with Crippen LogP contribution in [-0.4, -0.2) is 19.7 Å². The average Bonchev–Trinajstić information content (AvgIpc) is 2.82. The van der Waals surface area contributed by atoms with Crippen molar-refractivity contribution in [3.8, 4) is 0 Å². The number of aryl methyl sites for hydroxylation is 1. The van der Waals surface area contributed by atoms with Crippen LogP contribution < -0.4 is 5.32 Å². The van der Waals surface area contributed by atoms with Crippen LogP contribution in [0.1, 0.15) is 42.9 Å². The summed E-state index contributed by atoms with van der Waals surface area (Å²) >= 11 is 0. The molecule has 0 aliphatic heterocycles. The Morgan fingerprint density at radius 3 is 2.47 bits per heavy atom. The van der Waals surface area contributed by atoms with Crippen LogP contribution in [0, 0.1) is 6.92 Å². The van der Waals surface area contributed by atoms with Gasteiger partial charge in [0.2, 0.25) is 0 Å². The van der Waals surface area contributed by atoms with Crippen LogP contribution in [0.15, 0.2) is 24.3 Å². The summed E-state index contributed by atoms with van der Waals surface area (Å²) in [6.07, 6.45) is 5.77. The lowest BCUT2D eigenvalue weighted by Gasteiger charge is -2.22. The smallest absolute Gasteiger partial charge is 0.0952 e. The molecule has 1 atom stereocenters. The predicted octanol–water partition coefficient (Wildman–Crippen LogP) is 3.21. The van der Waals surface area contributed by atoms with E-state index in [-0.39, 0.29) is 6.10 Å². The quantitative estimate of drug-likeness (QED) is 0.843. The molecule has 1 unspecified atom stereocenters. The van der Waals surface area contributed by atoms with Gasteiger partial charge in [-0.15, -0.1) is 0 Å². The van der Waals surface area contributed by atoms with Crippen molar-refractivity contribution < 1.29 is 4.74 Å². The van der Waals surface area contributed by atoms with Gasteiger partial charge in [-0.25, -0.2) is 0 Å². The van der Waals surface area contributed by atoms with Gasteiger partial charge in [-0.05, 0) is 32.4 Å². The fourth-order valence-corrected chi connectivity index (χ4v) is 2.47. The van der Waals surface area contributed by atoms with Gasteiger partial charge in [-0.1, -0.05) is 42.7 Å². The normalized spacial score (nSPS) is 18.5. The topological polar surface area (TPSA) is 21.3 Å². The first-order chi connectivity index (χ1) is 8.29. The molecule has 2 nitrogen and oxygen atoms in total. The van der Waals surface area contributed by atoms with Gasteiger partial charge in [0.1, 0.15) is 0 Å². The third-order valence-electron chi connectivity index (χ3n) is 3.50. The summed E-state index contributed by atoms with van der Waals surface area (Å²) in [6.45, 7) is 3.01. The molecular weight excluding hydrogens is 210 g/mol. The molecule has 1 aromatic rings. The molecule has 0 saturated heterocycles. The van der Waals surface area contributed by atoms with Gasteiger partial charge < -0.3 is 10.1 Å². The molecule has 1 N–H and O–H groups in total. The molecule has 1 saturated carbocycles. The highest BCUT2D eigenvalue weighted by atomic mass is 16.5. The van der Waals surface area contributed by atoms with E-state index in [1.165, 1.54) is 36.8 Å². The highest BCUT2D eigenvalue weighted by molar-refractivity contribution is 5.23. The number of rotatable bonds is 5. The van der Waals surface area contributed by atoms with Crippen molar-refractivity contribution >= 4 is 0 Å².